The van der Waals surface area contributed by atoms with Crippen LogP contribution in [0.25, 0.3) is 0 Å². The summed E-state index contributed by atoms with van der Waals surface area (Å²) in [7, 11) is -1.50. The van der Waals surface area contributed by atoms with E-state index in [-0.39, 0.29) is 4.90 Å². The van der Waals surface area contributed by atoms with Gasteiger partial charge in [0.2, 0.25) is 5.91 Å². The van der Waals surface area contributed by atoms with Crippen molar-refractivity contribution in [2.75, 3.05) is 25.9 Å². The molecule has 0 saturated heterocycles. The molecule has 0 unspecified atom stereocenters. The number of hydrogen-bond acceptors (Lipinski definition) is 4. The number of amides is 1. The molecule has 0 aromatic heterocycles. The van der Waals surface area contributed by atoms with E-state index in [2.05, 4.69) is 17.3 Å². The summed E-state index contributed by atoms with van der Waals surface area (Å²) < 4.78 is 24.4. The number of carbonyl (C=O) groups is 1. The van der Waals surface area contributed by atoms with Crippen LogP contribution in [-0.2, 0) is 14.6 Å². The summed E-state index contributed by atoms with van der Waals surface area (Å²) in [6, 6.07) is 6.50. The van der Waals surface area contributed by atoms with E-state index < -0.39 is 21.5 Å². The van der Waals surface area contributed by atoms with Crippen molar-refractivity contribution in [1.29, 1.82) is 0 Å². The molecule has 0 spiro atoms. The molecule has 1 saturated carbocycles. The Labute approximate surface area is 155 Å². The van der Waals surface area contributed by atoms with E-state index in [0.29, 0.717) is 17.6 Å². The first kappa shape index (κ1) is 20.2. The highest BCUT2D eigenvalue weighted by Gasteiger charge is 2.20. The maximum absolute atomic E-state index is 12.2. The van der Waals surface area contributed by atoms with E-state index in [1.54, 1.807) is 0 Å². The van der Waals surface area contributed by atoms with Gasteiger partial charge in [-0.3, -0.25) is 4.79 Å². The van der Waals surface area contributed by atoms with Gasteiger partial charge in [-0.15, -0.1) is 0 Å². The third-order valence-corrected chi connectivity index (χ3v) is 6.59. The van der Waals surface area contributed by atoms with Crippen LogP contribution in [0.2, 0.25) is 5.02 Å². The number of carbonyl (C=O) groups excluding carboxylic acids is 1. The van der Waals surface area contributed by atoms with Crippen molar-refractivity contribution in [1.82, 2.24) is 10.2 Å². The van der Waals surface area contributed by atoms with Crippen LogP contribution < -0.4 is 5.32 Å². The molecule has 140 valence electrons. The Morgan fingerprint density at radius 3 is 2.48 bits per heavy atom. The summed E-state index contributed by atoms with van der Waals surface area (Å²) >= 11 is 5.76. The predicted molar refractivity (Wildman–Crippen MR) is 101 cm³/mol. The monoisotopic (exact) mass is 386 g/mol. The Morgan fingerprint density at radius 1 is 1.20 bits per heavy atom. The molecular weight excluding hydrogens is 360 g/mol. The minimum atomic E-state index is -3.63. The molecule has 2 rings (SSSR count). The summed E-state index contributed by atoms with van der Waals surface area (Å²) in [5.41, 5.74) is 0. The fraction of sp³-hybridized carbons (Fsp3) is 0.611. The van der Waals surface area contributed by atoms with E-state index in [4.69, 9.17) is 11.6 Å². The van der Waals surface area contributed by atoms with Crippen molar-refractivity contribution in [2.45, 2.75) is 49.5 Å². The Kier molecular flexibility index (Phi) is 7.72. The Morgan fingerprint density at radius 2 is 1.84 bits per heavy atom. The SMILES string of the molecule is CN(CCCNC(=O)CS(=O)(=O)c1ccc(Cl)cc1)C1CCCCC1. The lowest BCUT2D eigenvalue weighted by Gasteiger charge is -2.31. The molecule has 0 heterocycles. The van der Waals surface area contributed by atoms with Gasteiger partial charge in [0.1, 0.15) is 5.75 Å². The number of nitrogens with one attached hydrogen (secondary N) is 1. The summed E-state index contributed by atoms with van der Waals surface area (Å²) in [6.45, 7) is 1.40. The number of sulfone groups is 1. The molecule has 5 nitrogen and oxygen atoms in total. The van der Waals surface area contributed by atoms with Gasteiger partial charge in [-0.2, -0.15) is 0 Å². The van der Waals surface area contributed by atoms with Crippen molar-refractivity contribution >= 4 is 27.3 Å². The quantitative estimate of drug-likeness (QED) is 0.697. The van der Waals surface area contributed by atoms with E-state index in [9.17, 15) is 13.2 Å². The van der Waals surface area contributed by atoms with Gasteiger partial charge >= 0.3 is 0 Å². The largest absolute Gasteiger partial charge is 0.355 e. The summed E-state index contributed by atoms with van der Waals surface area (Å²) in [4.78, 5) is 14.4. The second-order valence-corrected chi connectivity index (χ2v) is 9.11. The Balaban J connectivity index is 1.70. The van der Waals surface area contributed by atoms with E-state index in [0.717, 1.165) is 13.0 Å². The average molecular weight is 387 g/mol. The van der Waals surface area contributed by atoms with Gasteiger partial charge in [0, 0.05) is 17.6 Å². The van der Waals surface area contributed by atoms with Crippen LogP contribution in [0.5, 0.6) is 0 Å². The van der Waals surface area contributed by atoms with Crippen LogP contribution in [0.15, 0.2) is 29.2 Å². The highest BCUT2D eigenvalue weighted by Crippen LogP contribution is 2.21. The summed E-state index contributed by atoms with van der Waals surface area (Å²) in [5.74, 6) is -0.997. The molecule has 1 fully saturated rings. The first-order valence-corrected chi connectivity index (χ1v) is 10.9. The zero-order chi connectivity index (χ0) is 18.3. The topological polar surface area (TPSA) is 66.5 Å². The van der Waals surface area contributed by atoms with Gasteiger partial charge < -0.3 is 10.2 Å². The number of hydrogen-bond donors (Lipinski definition) is 1. The minimum absolute atomic E-state index is 0.115. The number of rotatable bonds is 8. The second kappa shape index (κ2) is 9.55. The molecule has 1 N–H and O–H groups in total. The third kappa shape index (κ3) is 6.60. The molecule has 0 radical (unpaired) electrons. The number of halogens is 1. The number of nitrogens with zero attached hydrogens (tertiary/aromatic N) is 1. The smallest absolute Gasteiger partial charge is 0.235 e. The van der Waals surface area contributed by atoms with Gasteiger partial charge in [-0.05, 0) is 57.1 Å². The Bertz CT molecular complexity index is 655. The van der Waals surface area contributed by atoms with Crippen LogP contribution in [0.1, 0.15) is 38.5 Å². The second-order valence-electron chi connectivity index (χ2n) is 6.69. The molecule has 0 aliphatic heterocycles. The highest BCUT2D eigenvalue weighted by molar-refractivity contribution is 7.92. The van der Waals surface area contributed by atoms with Gasteiger partial charge in [0.15, 0.2) is 9.84 Å². The van der Waals surface area contributed by atoms with Crippen LogP contribution in [0, 0.1) is 0 Å². The van der Waals surface area contributed by atoms with Crippen molar-refractivity contribution in [3.8, 4) is 0 Å². The standard InChI is InChI=1S/C18H27ClN2O3S/c1-21(16-6-3-2-4-7-16)13-5-12-20-18(22)14-25(23,24)17-10-8-15(19)9-11-17/h8-11,16H,2-7,12-14H2,1H3,(H,20,22). The molecule has 1 aliphatic rings. The lowest BCUT2D eigenvalue weighted by molar-refractivity contribution is -0.118. The van der Waals surface area contributed by atoms with Crippen LogP contribution >= 0.6 is 11.6 Å². The molecule has 1 amide bonds. The Hall–Kier alpha value is -1.11. The van der Waals surface area contributed by atoms with Gasteiger partial charge in [-0.1, -0.05) is 30.9 Å². The van der Waals surface area contributed by atoms with Gasteiger partial charge in [-0.25, -0.2) is 8.42 Å². The van der Waals surface area contributed by atoms with E-state index in [1.165, 1.54) is 56.4 Å². The molecule has 0 bridgehead atoms. The van der Waals surface area contributed by atoms with Crippen molar-refractivity contribution in [3.63, 3.8) is 0 Å². The maximum atomic E-state index is 12.2. The minimum Gasteiger partial charge on any atom is -0.355 e. The van der Waals surface area contributed by atoms with Gasteiger partial charge in [0.05, 0.1) is 4.90 Å². The summed E-state index contributed by atoms with van der Waals surface area (Å²) in [5, 5.41) is 3.17. The van der Waals surface area contributed by atoms with Crippen LogP contribution in [-0.4, -0.2) is 51.2 Å². The van der Waals surface area contributed by atoms with E-state index >= 15 is 0 Å². The normalized spacial score (nSPS) is 16.1. The van der Waals surface area contributed by atoms with Gasteiger partial charge in [0.25, 0.3) is 0 Å². The molecule has 1 aliphatic carbocycles. The molecule has 7 heteroatoms. The maximum Gasteiger partial charge on any atom is 0.235 e. The van der Waals surface area contributed by atoms with Crippen LogP contribution in [0.4, 0.5) is 0 Å². The lowest BCUT2D eigenvalue weighted by atomic mass is 9.94. The average Bonchev–Trinajstić information content (AvgIpc) is 2.59. The first-order valence-electron chi connectivity index (χ1n) is 8.84. The zero-order valence-electron chi connectivity index (χ0n) is 14.7. The van der Waals surface area contributed by atoms with Crippen LogP contribution in [0.3, 0.4) is 0 Å². The molecular formula is C18H27ClN2O3S. The molecule has 1 aromatic rings. The zero-order valence-corrected chi connectivity index (χ0v) is 16.3. The molecule has 1 aromatic carbocycles. The van der Waals surface area contributed by atoms with Crippen molar-refractivity contribution in [2.24, 2.45) is 0 Å². The predicted octanol–water partition coefficient (Wildman–Crippen LogP) is 2.88. The fourth-order valence-electron chi connectivity index (χ4n) is 3.21. The first-order chi connectivity index (χ1) is 11.9. The van der Waals surface area contributed by atoms with Crippen molar-refractivity contribution in [3.05, 3.63) is 29.3 Å². The third-order valence-electron chi connectivity index (χ3n) is 4.70. The number of benzene rings is 1. The van der Waals surface area contributed by atoms with E-state index in [1.807, 2.05) is 0 Å². The highest BCUT2D eigenvalue weighted by atomic mass is 35.5. The molecule has 0 atom stereocenters. The lowest BCUT2D eigenvalue weighted by Crippen LogP contribution is -2.36. The van der Waals surface area contributed by atoms with Crippen molar-refractivity contribution < 1.29 is 13.2 Å². The molecule has 25 heavy (non-hydrogen) atoms. The summed E-state index contributed by atoms with van der Waals surface area (Å²) in [6.07, 6.45) is 7.26. The fourth-order valence-corrected chi connectivity index (χ4v) is 4.50.